The van der Waals surface area contributed by atoms with Gasteiger partial charge in [0.1, 0.15) is 0 Å². The molecular weight excluding hydrogens is 156 g/mol. The Balaban J connectivity index is 2.29. The van der Waals surface area contributed by atoms with Crippen LogP contribution in [0.5, 0.6) is 0 Å². The van der Waals surface area contributed by atoms with Gasteiger partial charge in [-0.3, -0.25) is 0 Å². The van der Waals surface area contributed by atoms with Gasteiger partial charge < -0.3 is 15.8 Å². The molecule has 2 atom stereocenters. The quantitative estimate of drug-likeness (QED) is 0.641. The zero-order chi connectivity index (χ0) is 8.97. The number of carbonyl (C=O) groups excluding carboxylic acids is 1. The van der Waals surface area contributed by atoms with E-state index < -0.39 is 6.03 Å². The van der Waals surface area contributed by atoms with Crippen molar-refractivity contribution < 1.29 is 9.53 Å². The zero-order valence-corrected chi connectivity index (χ0v) is 7.38. The minimum atomic E-state index is -0.475. The Morgan fingerprint density at radius 1 is 1.67 bits per heavy atom. The summed E-state index contributed by atoms with van der Waals surface area (Å²) in [5.41, 5.74) is 4.99. The molecule has 1 aliphatic rings. The number of amides is 2. The van der Waals surface area contributed by atoms with Crippen molar-refractivity contribution in [2.24, 2.45) is 5.73 Å². The van der Waals surface area contributed by atoms with E-state index in [1.807, 2.05) is 6.92 Å². The number of rotatable bonds is 2. The van der Waals surface area contributed by atoms with E-state index in [1.54, 1.807) is 0 Å². The number of carbonyl (C=O) groups is 1. The fraction of sp³-hybridized carbons (Fsp3) is 0.875. The van der Waals surface area contributed by atoms with Gasteiger partial charge in [-0.1, -0.05) is 0 Å². The van der Waals surface area contributed by atoms with E-state index in [1.165, 1.54) is 6.42 Å². The van der Waals surface area contributed by atoms with Crippen LogP contribution in [-0.4, -0.2) is 24.8 Å². The number of hydrogen-bond donors (Lipinski definition) is 2. The van der Waals surface area contributed by atoms with Crippen LogP contribution in [0.25, 0.3) is 0 Å². The van der Waals surface area contributed by atoms with Crippen LogP contribution in [0.4, 0.5) is 4.79 Å². The molecule has 4 nitrogen and oxygen atoms in total. The predicted molar refractivity (Wildman–Crippen MR) is 45.8 cm³/mol. The minimum Gasteiger partial charge on any atom is -0.376 e. The van der Waals surface area contributed by atoms with Crippen molar-refractivity contribution in [3.05, 3.63) is 0 Å². The van der Waals surface area contributed by atoms with Gasteiger partial charge in [0.15, 0.2) is 0 Å². The molecule has 2 amide bonds. The molecule has 12 heavy (non-hydrogen) atoms. The molecule has 0 aromatic carbocycles. The van der Waals surface area contributed by atoms with Gasteiger partial charge in [0.2, 0.25) is 0 Å². The van der Waals surface area contributed by atoms with Gasteiger partial charge in [-0.2, -0.15) is 0 Å². The second-order valence-corrected chi connectivity index (χ2v) is 3.20. The Morgan fingerprint density at radius 3 is 2.92 bits per heavy atom. The molecule has 4 heteroatoms. The smallest absolute Gasteiger partial charge is 0.312 e. The highest BCUT2D eigenvalue weighted by Crippen LogP contribution is 2.15. The molecule has 0 bridgehead atoms. The summed E-state index contributed by atoms with van der Waals surface area (Å²) < 4.78 is 5.47. The van der Waals surface area contributed by atoms with E-state index in [-0.39, 0.29) is 12.1 Å². The van der Waals surface area contributed by atoms with Crippen molar-refractivity contribution in [3.63, 3.8) is 0 Å². The van der Waals surface area contributed by atoms with Crippen molar-refractivity contribution in [2.75, 3.05) is 6.61 Å². The molecule has 70 valence electrons. The average Bonchev–Trinajstić information content (AvgIpc) is 2.05. The topological polar surface area (TPSA) is 64.3 Å². The van der Waals surface area contributed by atoms with Crippen LogP contribution >= 0.6 is 0 Å². The highest BCUT2D eigenvalue weighted by atomic mass is 16.5. The van der Waals surface area contributed by atoms with Crippen LogP contribution in [0.15, 0.2) is 0 Å². The molecule has 1 fully saturated rings. The Kier molecular flexibility index (Phi) is 3.34. The van der Waals surface area contributed by atoms with Crippen molar-refractivity contribution in [1.82, 2.24) is 5.32 Å². The van der Waals surface area contributed by atoms with Gasteiger partial charge in [0.05, 0.1) is 12.1 Å². The number of hydrogen-bond acceptors (Lipinski definition) is 2. The lowest BCUT2D eigenvalue weighted by Gasteiger charge is -2.27. The summed E-state index contributed by atoms with van der Waals surface area (Å²) in [5, 5.41) is 2.63. The van der Waals surface area contributed by atoms with Gasteiger partial charge in [-0.25, -0.2) is 4.79 Å². The summed E-state index contributed by atoms with van der Waals surface area (Å²) in [4.78, 5) is 10.5. The highest BCUT2D eigenvalue weighted by molar-refractivity contribution is 5.71. The zero-order valence-electron chi connectivity index (χ0n) is 7.38. The molecule has 1 aliphatic heterocycles. The van der Waals surface area contributed by atoms with Crippen LogP contribution in [0.3, 0.4) is 0 Å². The second-order valence-electron chi connectivity index (χ2n) is 3.20. The molecule has 0 saturated carbocycles. The summed E-state index contributed by atoms with van der Waals surface area (Å²) in [7, 11) is 0. The number of nitrogens with one attached hydrogen (secondary N) is 1. The largest absolute Gasteiger partial charge is 0.376 e. The lowest BCUT2D eigenvalue weighted by Crippen LogP contribution is -2.45. The number of urea groups is 1. The third-order valence-electron chi connectivity index (χ3n) is 2.14. The average molecular weight is 172 g/mol. The van der Waals surface area contributed by atoms with Gasteiger partial charge in [0.25, 0.3) is 0 Å². The Bertz CT molecular complexity index is 155. The molecule has 0 aromatic rings. The van der Waals surface area contributed by atoms with Crippen molar-refractivity contribution in [2.45, 2.75) is 38.3 Å². The maximum Gasteiger partial charge on any atom is 0.312 e. The maximum absolute atomic E-state index is 10.5. The highest BCUT2D eigenvalue weighted by Gasteiger charge is 2.21. The minimum absolute atomic E-state index is 0.0304. The predicted octanol–water partition coefficient (Wildman–Crippen LogP) is 0.612. The first-order chi connectivity index (χ1) is 5.70. The van der Waals surface area contributed by atoms with Crippen LogP contribution in [-0.2, 0) is 4.74 Å². The van der Waals surface area contributed by atoms with Crippen LogP contribution in [0.1, 0.15) is 26.2 Å². The van der Waals surface area contributed by atoms with Crippen molar-refractivity contribution in [3.8, 4) is 0 Å². The summed E-state index contributed by atoms with van der Waals surface area (Å²) in [6.07, 6.45) is 3.46. The van der Waals surface area contributed by atoms with Crippen LogP contribution < -0.4 is 11.1 Å². The Morgan fingerprint density at radius 2 is 2.42 bits per heavy atom. The van der Waals surface area contributed by atoms with Gasteiger partial charge in [0, 0.05) is 6.61 Å². The molecule has 0 aliphatic carbocycles. The van der Waals surface area contributed by atoms with E-state index in [0.717, 1.165) is 19.4 Å². The van der Waals surface area contributed by atoms with Gasteiger partial charge in [-0.05, 0) is 26.2 Å². The van der Waals surface area contributed by atoms with Crippen LogP contribution in [0, 0.1) is 0 Å². The first kappa shape index (κ1) is 9.32. The number of nitrogens with two attached hydrogens (primary N) is 1. The van der Waals surface area contributed by atoms with E-state index in [0.29, 0.717) is 0 Å². The number of ether oxygens (including phenoxy) is 1. The monoisotopic (exact) mass is 172 g/mol. The number of primary amides is 1. The Hall–Kier alpha value is -0.770. The standard InChI is InChI=1S/C8H16N2O2/c1-6(10-8(9)11)7-4-2-3-5-12-7/h6-7H,2-5H2,1H3,(H3,9,10,11). The van der Waals surface area contributed by atoms with E-state index in [2.05, 4.69) is 5.32 Å². The third kappa shape index (κ3) is 2.70. The molecule has 0 radical (unpaired) electrons. The van der Waals surface area contributed by atoms with Crippen LogP contribution in [0.2, 0.25) is 0 Å². The SMILES string of the molecule is CC(NC(N)=O)C1CCCCO1. The van der Waals surface area contributed by atoms with Crippen molar-refractivity contribution in [1.29, 1.82) is 0 Å². The van der Waals surface area contributed by atoms with E-state index in [9.17, 15) is 4.79 Å². The van der Waals surface area contributed by atoms with Gasteiger partial charge >= 0.3 is 6.03 Å². The van der Waals surface area contributed by atoms with Crippen molar-refractivity contribution >= 4 is 6.03 Å². The molecule has 2 unspecified atom stereocenters. The first-order valence-corrected chi connectivity index (χ1v) is 4.37. The summed E-state index contributed by atoms with van der Waals surface area (Å²) in [6.45, 7) is 2.72. The van der Waals surface area contributed by atoms with Gasteiger partial charge in [-0.15, -0.1) is 0 Å². The summed E-state index contributed by atoms with van der Waals surface area (Å²) in [5.74, 6) is 0. The second kappa shape index (κ2) is 4.30. The van der Waals surface area contributed by atoms with E-state index in [4.69, 9.17) is 10.5 Å². The molecule has 0 aromatic heterocycles. The normalized spacial score (nSPS) is 26.2. The molecule has 3 N–H and O–H groups in total. The fourth-order valence-electron chi connectivity index (χ4n) is 1.48. The summed E-state index contributed by atoms with van der Waals surface area (Å²) >= 11 is 0. The molecular formula is C8H16N2O2. The molecule has 0 spiro atoms. The Labute approximate surface area is 72.5 Å². The molecule has 1 saturated heterocycles. The fourth-order valence-corrected chi connectivity index (χ4v) is 1.48. The first-order valence-electron chi connectivity index (χ1n) is 4.37. The lowest BCUT2D eigenvalue weighted by molar-refractivity contribution is -0.00113. The summed E-state index contributed by atoms with van der Waals surface area (Å²) in [6, 6.07) is -0.445. The molecule has 1 heterocycles. The molecule has 1 rings (SSSR count). The van der Waals surface area contributed by atoms with E-state index >= 15 is 0 Å². The third-order valence-corrected chi connectivity index (χ3v) is 2.14. The maximum atomic E-state index is 10.5. The lowest BCUT2D eigenvalue weighted by atomic mass is 10.0.